The third kappa shape index (κ3) is 40.6. The first-order valence-electron chi connectivity index (χ1n) is 37.7. The van der Waals surface area contributed by atoms with E-state index in [0.717, 1.165) is 25.7 Å². The minimum absolute atomic E-state index is 0. The van der Waals surface area contributed by atoms with Crippen LogP contribution >= 0.6 is 24.4 Å². The summed E-state index contributed by atoms with van der Waals surface area (Å²) in [4.78, 5) is 4.35. The van der Waals surface area contributed by atoms with Crippen LogP contribution in [-0.2, 0) is 70.4 Å². The number of rotatable bonds is 56. The maximum atomic E-state index is 5.71. The Morgan fingerprint density at radius 3 is 0.517 bits per heavy atom. The number of hydrogen-bond acceptors (Lipinski definition) is 4. The van der Waals surface area contributed by atoms with E-state index in [2.05, 4.69) is 135 Å². The van der Waals surface area contributed by atoms with E-state index in [4.69, 9.17) is 49.7 Å². The first-order chi connectivity index (χ1) is 43.4. The molecule has 0 aromatic heterocycles. The quantitative estimate of drug-likeness (QED) is 0.0187. The summed E-state index contributed by atoms with van der Waals surface area (Å²) in [6, 6.07) is 35.2. The molecule has 496 valence electrons. The van der Waals surface area contributed by atoms with Crippen LogP contribution in [0.15, 0.2) is 97.1 Å². The Kier molecular flexibility index (Phi) is 55.3. The molecule has 0 unspecified atom stereocenters. The summed E-state index contributed by atoms with van der Waals surface area (Å²) in [6.45, 7) is 9.18. The zero-order valence-corrected chi connectivity index (χ0v) is 64.5. The van der Waals surface area contributed by atoms with Crippen LogP contribution in [0.5, 0.6) is 0 Å². The van der Waals surface area contributed by atoms with Crippen molar-refractivity contribution in [2.24, 2.45) is 0 Å². The van der Waals surface area contributed by atoms with Gasteiger partial charge >= 0.3 is 19.5 Å². The molecule has 0 heterocycles. The summed E-state index contributed by atoms with van der Waals surface area (Å²) in [5.41, 5.74) is 10.2. The van der Waals surface area contributed by atoms with Crippen molar-refractivity contribution >= 4 is 81.1 Å². The van der Waals surface area contributed by atoms with Crippen molar-refractivity contribution in [1.29, 1.82) is 0 Å². The molecule has 0 spiro atoms. The predicted molar refractivity (Wildman–Crippen MR) is 409 cm³/mol. The smallest absolute Gasteiger partial charge is 0.411 e. The van der Waals surface area contributed by atoms with Crippen LogP contribution in [0.3, 0.4) is 0 Å². The van der Waals surface area contributed by atoms with E-state index in [9.17, 15) is 0 Å². The average molecular weight is 1340 g/mol. The van der Waals surface area contributed by atoms with Gasteiger partial charge in [-0.2, -0.15) is 0 Å². The molecule has 0 saturated carbocycles. The normalized spacial score (nSPS) is 11.1. The molecule has 2 nitrogen and oxygen atoms in total. The molecule has 0 fully saturated rings. The van der Waals surface area contributed by atoms with Gasteiger partial charge in [-0.25, -0.2) is 0 Å². The van der Waals surface area contributed by atoms with E-state index >= 15 is 0 Å². The molecule has 0 N–H and O–H groups in total. The van der Waals surface area contributed by atoms with Gasteiger partial charge in [-0.15, -0.1) is 0 Å². The zero-order valence-electron chi connectivity index (χ0n) is 58.2. The standard InChI is InChI=1S/2C41H67NS2.Zn/c2*1-3-5-7-9-11-13-15-17-19-21-23-25-31-37-33-27-29-35-39(37)42(41(43)44)40-36-30-28-34-38(40)32-26-24-22-20-18-16-14-12-10-8-6-4-2;/h2*27-30,33-36H,3-26,31-32H2,1-2H3,(H,43,44);/q;;+2/p-2. The van der Waals surface area contributed by atoms with Crippen molar-refractivity contribution in [3.63, 3.8) is 0 Å². The van der Waals surface area contributed by atoms with Gasteiger partial charge in [0.2, 0.25) is 0 Å². The van der Waals surface area contributed by atoms with Gasteiger partial charge in [0.15, 0.2) is 0 Å². The van der Waals surface area contributed by atoms with Crippen LogP contribution < -0.4 is 9.80 Å². The number of thiocarbonyl (C=S) groups is 2. The number of hydrogen-bond donors (Lipinski definition) is 0. The Morgan fingerprint density at radius 2 is 0.371 bits per heavy atom. The van der Waals surface area contributed by atoms with E-state index < -0.39 is 0 Å². The number of aryl methyl sites for hydroxylation is 4. The molecule has 4 aromatic carbocycles. The molecular formula is C82H132N2S4Zn. The summed E-state index contributed by atoms with van der Waals surface area (Å²) >= 11 is 22.8. The summed E-state index contributed by atoms with van der Waals surface area (Å²) in [7, 11) is 0. The largest absolute Gasteiger partial charge is 2.00 e. The van der Waals surface area contributed by atoms with Crippen LogP contribution in [0.1, 0.15) is 358 Å². The molecule has 0 radical (unpaired) electrons. The van der Waals surface area contributed by atoms with Crippen molar-refractivity contribution in [1.82, 2.24) is 0 Å². The number of para-hydroxylation sites is 4. The number of anilines is 4. The molecule has 4 aromatic rings. The molecule has 0 aliphatic rings. The molecule has 7 heteroatoms. The second-order valence-electron chi connectivity index (χ2n) is 26.3. The summed E-state index contributed by atoms with van der Waals surface area (Å²) < 4.78 is 1.04. The van der Waals surface area contributed by atoms with Crippen LogP contribution in [0.4, 0.5) is 22.7 Å². The molecular weight excluding hydrogens is 1210 g/mol. The van der Waals surface area contributed by atoms with Gasteiger partial charge < -0.3 is 59.5 Å². The zero-order chi connectivity index (χ0) is 63.0. The topological polar surface area (TPSA) is 6.48 Å². The Hall–Kier alpha value is -2.28. The Balaban J connectivity index is 0.000000600. The molecule has 4 rings (SSSR count). The molecule has 0 saturated heterocycles. The first-order valence-corrected chi connectivity index (χ1v) is 39.3. The summed E-state index contributed by atoms with van der Waals surface area (Å²) in [5.74, 6) is 0. The van der Waals surface area contributed by atoms with Gasteiger partial charge in [-0.3, -0.25) is 0 Å². The summed E-state index contributed by atoms with van der Waals surface area (Å²) in [5, 5.41) is 0. The number of unbranched alkanes of at least 4 members (excludes halogenated alkanes) is 44. The second-order valence-corrected chi connectivity index (χ2v) is 28.3. The third-order valence-corrected chi connectivity index (χ3v) is 19.2. The van der Waals surface area contributed by atoms with Crippen LogP contribution in [0, 0.1) is 0 Å². The van der Waals surface area contributed by atoms with Crippen LogP contribution in [-0.4, -0.2) is 8.64 Å². The van der Waals surface area contributed by atoms with Crippen LogP contribution in [0.2, 0.25) is 0 Å². The Labute approximate surface area is 586 Å². The van der Waals surface area contributed by atoms with Gasteiger partial charge in [0.25, 0.3) is 0 Å². The fourth-order valence-electron chi connectivity index (χ4n) is 13.0. The van der Waals surface area contributed by atoms with Gasteiger partial charge in [0.1, 0.15) is 0 Å². The van der Waals surface area contributed by atoms with E-state index in [1.165, 1.54) is 353 Å². The van der Waals surface area contributed by atoms with Crippen LogP contribution in [0.25, 0.3) is 0 Å². The molecule has 0 atom stereocenters. The van der Waals surface area contributed by atoms with Crippen molar-refractivity contribution < 1.29 is 19.5 Å². The van der Waals surface area contributed by atoms with Gasteiger partial charge in [0.05, 0.1) is 0 Å². The maximum absolute atomic E-state index is 5.71. The SMILES string of the molecule is CCCCCCCCCCCCCCc1ccccc1N(C(=S)[S-])c1ccccc1CCCCCCCCCCCCCC.CCCCCCCCCCCCCCc1ccccc1N(C(=S)[S-])c1ccccc1CCCCCCCCCCCCCC.[Zn+2]. The van der Waals surface area contributed by atoms with Gasteiger partial charge in [-0.1, -0.05) is 392 Å². The van der Waals surface area contributed by atoms with Crippen molar-refractivity contribution in [3.05, 3.63) is 119 Å². The molecule has 0 amide bonds. The summed E-state index contributed by atoms with van der Waals surface area (Å²) in [6.07, 6.45) is 70.5. The first kappa shape index (κ1) is 82.8. The molecule has 89 heavy (non-hydrogen) atoms. The Bertz CT molecular complexity index is 1960. The predicted octanol–water partition coefficient (Wildman–Crippen LogP) is 28.3. The van der Waals surface area contributed by atoms with E-state index in [0.29, 0.717) is 8.64 Å². The van der Waals surface area contributed by atoms with Gasteiger partial charge in [0, 0.05) is 22.7 Å². The number of benzene rings is 4. The third-order valence-electron chi connectivity index (χ3n) is 18.5. The maximum Gasteiger partial charge on any atom is 2.00 e. The van der Waals surface area contributed by atoms with Crippen molar-refractivity contribution in [2.45, 2.75) is 362 Å². The monoisotopic (exact) mass is 1340 g/mol. The Morgan fingerprint density at radius 1 is 0.236 bits per heavy atom. The number of nitrogens with zero attached hydrogens (tertiary/aromatic N) is 2. The van der Waals surface area contributed by atoms with E-state index in [1.54, 1.807) is 0 Å². The average Bonchev–Trinajstić information content (AvgIpc) is 2.43. The van der Waals surface area contributed by atoms with Crippen molar-refractivity contribution in [2.75, 3.05) is 9.80 Å². The minimum atomic E-state index is 0. The van der Waals surface area contributed by atoms with E-state index in [-0.39, 0.29) is 19.5 Å². The molecule has 0 aliphatic carbocycles. The van der Waals surface area contributed by atoms with Gasteiger partial charge in [-0.05, 0) is 97.9 Å². The fourth-order valence-corrected chi connectivity index (χ4v) is 13.8. The second kappa shape index (κ2) is 59.5. The minimum Gasteiger partial charge on any atom is -0.411 e. The molecule has 0 aliphatic heterocycles. The molecule has 0 bridgehead atoms. The fraction of sp³-hybridized carbons (Fsp3) is 0.683. The van der Waals surface area contributed by atoms with E-state index in [1.807, 2.05) is 0 Å². The van der Waals surface area contributed by atoms with Crippen molar-refractivity contribution in [3.8, 4) is 0 Å².